The zero-order valence-electron chi connectivity index (χ0n) is 14.4. The number of nitrogens with zero attached hydrogens (tertiary/aromatic N) is 2. The van der Waals surface area contributed by atoms with Crippen LogP contribution in [-0.4, -0.2) is 51.1 Å². The Labute approximate surface area is 157 Å². The van der Waals surface area contributed by atoms with Crippen molar-refractivity contribution in [1.82, 2.24) is 8.61 Å². The average molecular weight is 416 g/mol. The normalized spacial score (nSPS) is 19.9. The Morgan fingerprint density at radius 3 is 1.67 bits per heavy atom. The molecule has 27 heavy (non-hydrogen) atoms. The van der Waals surface area contributed by atoms with Gasteiger partial charge in [-0.3, -0.25) is 0 Å². The molecule has 1 aliphatic rings. The van der Waals surface area contributed by atoms with Gasteiger partial charge in [-0.25, -0.2) is 25.6 Å². The van der Waals surface area contributed by atoms with E-state index in [1.54, 1.807) is 6.92 Å². The quantitative estimate of drug-likeness (QED) is 0.765. The summed E-state index contributed by atoms with van der Waals surface area (Å²) < 4.78 is 79.4. The van der Waals surface area contributed by atoms with Gasteiger partial charge in [-0.1, -0.05) is 0 Å². The van der Waals surface area contributed by atoms with Gasteiger partial charge in [-0.15, -0.1) is 0 Å². The summed E-state index contributed by atoms with van der Waals surface area (Å²) in [6.07, 6.45) is 0. The fourth-order valence-electron chi connectivity index (χ4n) is 2.98. The second-order valence-electron chi connectivity index (χ2n) is 6.24. The van der Waals surface area contributed by atoms with Gasteiger partial charge >= 0.3 is 0 Å². The molecule has 0 saturated carbocycles. The van der Waals surface area contributed by atoms with Crippen LogP contribution in [0.25, 0.3) is 0 Å². The van der Waals surface area contributed by atoms with Gasteiger partial charge in [-0.05, 0) is 55.5 Å². The molecule has 1 fully saturated rings. The smallest absolute Gasteiger partial charge is 0.207 e. The van der Waals surface area contributed by atoms with Crippen LogP contribution >= 0.6 is 0 Å². The number of hydrogen-bond donors (Lipinski definition) is 0. The highest BCUT2D eigenvalue weighted by Gasteiger charge is 2.38. The number of sulfonamides is 2. The van der Waals surface area contributed by atoms with Crippen molar-refractivity contribution in [2.45, 2.75) is 22.8 Å². The van der Waals surface area contributed by atoms with Crippen LogP contribution in [0, 0.1) is 11.6 Å². The molecule has 2 aromatic rings. The lowest BCUT2D eigenvalue weighted by atomic mass is 10.3. The molecule has 3 rings (SSSR count). The monoisotopic (exact) mass is 416 g/mol. The first-order valence-electron chi connectivity index (χ1n) is 8.15. The molecule has 0 aromatic heterocycles. The first-order valence-corrected chi connectivity index (χ1v) is 11.0. The lowest BCUT2D eigenvalue weighted by Gasteiger charge is -2.38. The second-order valence-corrected chi connectivity index (χ2v) is 10.1. The van der Waals surface area contributed by atoms with Crippen molar-refractivity contribution in [2.75, 3.05) is 19.6 Å². The molecule has 1 aliphatic heterocycles. The van der Waals surface area contributed by atoms with E-state index < -0.39 is 37.7 Å². The summed E-state index contributed by atoms with van der Waals surface area (Å²) in [4.78, 5) is -0.100. The van der Waals surface area contributed by atoms with Gasteiger partial charge in [0, 0.05) is 25.7 Å². The summed E-state index contributed by atoms with van der Waals surface area (Å²) in [5, 5.41) is 0. The molecule has 6 nitrogen and oxygen atoms in total. The van der Waals surface area contributed by atoms with Crippen LogP contribution < -0.4 is 0 Å². The lowest BCUT2D eigenvalue weighted by Crippen LogP contribution is -2.55. The molecule has 146 valence electrons. The predicted octanol–water partition coefficient (Wildman–Crippen LogP) is 2.05. The summed E-state index contributed by atoms with van der Waals surface area (Å²) in [6, 6.07) is 8.34. The van der Waals surface area contributed by atoms with Crippen molar-refractivity contribution in [1.29, 1.82) is 0 Å². The second kappa shape index (κ2) is 7.27. The minimum absolute atomic E-state index is 0.0372. The number of rotatable bonds is 4. The molecular formula is C17H18F2N2O4S2. The molecule has 0 radical (unpaired) electrons. The zero-order valence-corrected chi connectivity index (χ0v) is 16.1. The van der Waals surface area contributed by atoms with E-state index in [-0.39, 0.29) is 29.4 Å². The van der Waals surface area contributed by atoms with E-state index in [9.17, 15) is 25.6 Å². The fraction of sp³-hybridized carbons (Fsp3) is 0.294. The zero-order chi connectivity index (χ0) is 19.8. The van der Waals surface area contributed by atoms with Gasteiger partial charge < -0.3 is 0 Å². The van der Waals surface area contributed by atoms with Crippen molar-refractivity contribution in [3.8, 4) is 0 Å². The van der Waals surface area contributed by atoms with E-state index in [1.807, 2.05) is 0 Å². The SMILES string of the molecule is C[C@@H]1CN(S(=O)(=O)c2ccc(F)cc2)CCN1S(=O)(=O)c1ccc(F)cc1. The third kappa shape index (κ3) is 3.88. The molecule has 0 spiro atoms. The van der Waals surface area contributed by atoms with E-state index in [1.165, 1.54) is 32.9 Å². The number of hydrogen-bond acceptors (Lipinski definition) is 4. The molecule has 0 bridgehead atoms. The molecule has 1 heterocycles. The Morgan fingerprint density at radius 2 is 1.22 bits per heavy atom. The van der Waals surface area contributed by atoms with Crippen LogP contribution in [0.15, 0.2) is 58.3 Å². The van der Waals surface area contributed by atoms with Crippen LogP contribution in [0.5, 0.6) is 0 Å². The average Bonchev–Trinajstić information content (AvgIpc) is 2.62. The molecular weight excluding hydrogens is 398 g/mol. The van der Waals surface area contributed by atoms with E-state index in [0.717, 1.165) is 24.3 Å². The van der Waals surface area contributed by atoms with Gasteiger partial charge in [0.2, 0.25) is 20.0 Å². The summed E-state index contributed by atoms with van der Waals surface area (Å²) in [5.74, 6) is -1.09. The topological polar surface area (TPSA) is 74.8 Å². The summed E-state index contributed by atoms with van der Waals surface area (Å²) in [6.45, 7) is 1.49. The minimum atomic E-state index is -3.87. The van der Waals surface area contributed by atoms with Crippen molar-refractivity contribution < 1.29 is 25.6 Å². The molecule has 0 unspecified atom stereocenters. The van der Waals surface area contributed by atoms with E-state index in [2.05, 4.69) is 0 Å². The third-order valence-electron chi connectivity index (χ3n) is 4.40. The van der Waals surface area contributed by atoms with Crippen molar-refractivity contribution in [2.24, 2.45) is 0 Å². The van der Waals surface area contributed by atoms with Crippen molar-refractivity contribution in [3.63, 3.8) is 0 Å². The Bertz CT molecular complexity index is 1020. The number of halogens is 2. The highest BCUT2D eigenvalue weighted by molar-refractivity contribution is 7.89. The van der Waals surface area contributed by atoms with E-state index in [0.29, 0.717) is 0 Å². The Hall–Kier alpha value is -1.88. The Kier molecular flexibility index (Phi) is 5.35. The maximum Gasteiger partial charge on any atom is 0.243 e. The van der Waals surface area contributed by atoms with E-state index >= 15 is 0 Å². The van der Waals surface area contributed by atoms with Crippen LogP contribution in [-0.2, 0) is 20.0 Å². The number of benzene rings is 2. The highest BCUT2D eigenvalue weighted by atomic mass is 32.2. The largest absolute Gasteiger partial charge is 0.243 e. The third-order valence-corrected chi connectivity index (χ3v) is 8.31. The number of piperazine rings is 1. The predicted molar refractivity (Wildman–Crippen MR) is 94.9 cm³/mol. The summed E-state index contributed by atoms with van der Waals surface area (Å²) >= 11 is 0. The molecule has 1 atom stereocenters. The molecule has 1 saturated heterocycles. The van der Waals surface area contributed by atoms with Gasteiger partial charge in [0.05, 0.1) is 9.79 Å². The summed E-state index contributed by atoms with van der Waals surface area (Å²) in [5.41, 5.74) is 0. The van der Waals surface area contributed by atoms with Crippen LogP contribution in [0.3, 0.4) is 0 Å². The van der Waals surface area contributed by atoms with Gasteiger partial charge in [0.1, 0.15) is 11.6 Å². The highest BCUT2D eigenvalue weighted by Crippen LogP contribution is 2.25. The van der Waals surface area contributed by atoms with Crippen LogP contribution in [0.4, 0.5) is 8.78 Å². The first-order chi connectivity index (χ1) is 12.6. The summed E-state index contributed by atoms with van der Waals surface area (Å²) in [7, 11) is -7.73. The Balaban J connectivity index is 1.81. The van der Waals surface area contributed by atoms with Gasteiger partial charge in [0.25, 0.3) is 0 Å². The fourth-order valence-corrected chi connectivity index (χ4v) is 6.11. The molecule has 2 aromatic carbocycles. The van der Waals surface area contributed by atoms with Crippen molar-refractivity contribution >= 4 is 20.0 Å². The van der Waals surface area contributed by atoms with Gasteiger partial charge in [0.15, 0.2) is 0 Å². The Morgan fingerprint density at radius 1 is 0.778 bits per heavy atom. The standard InChI is InChI=1S/C17H18F2N2O4S2/c1-13-12-20(26(22,23)16-6-2-14(18)3-7-16)10-11-21(13)27(24,25)17-8-4-15(19)5-9-17/h2-9,13H,10-12H2,1H3/t13-/m1/s1. The minimum Gasteiger partial charge on any atom is -0.207 e. The molecule has 10 heteroatoms. The molecule has 0 amide bonds. The molecule has 0 aliphatic carbocycles. The van der Waals surface area contributed by atoms with Crippen LogP contribution in [0.1, 0.15) is 6.92 Å². The van der Waals surface area contributed by atoms with Crippen LogP contribution in [0.2, 0.25) is 0 Å². The lowest BCUT2D eigenvalue weighted by molar-refractivity contribution is 0.212. The molecule has 0 N–H and O–H groups in total. The maximum atomic E-state index is 13.1. The maximum absolute atomic E-state index is 13.1. The van der Waals surface area contributed by atoms with Crippen molar-refractivity contribution in [3.05, 3.63) is 60.2 Å². The van der Waals surface area contributed by atoms with E-state index in [4.69, 9.17) is 0 Å². The first kappa shape index (κ1) is 19.9. The van der Waals surface area contributed by atoms with Gasteiger partial charge in [-0.2, -0.15) is 8.61 Å².